The minimum absolute atomic E-state index is 0.166. The molecule has 0 aromatic carbocycles. The fraction of sp³-hybridized carbons (Fsp3) is 1.00. The number of aliphatic hydroxyl groups excluding tert-OH is 1. The van der Waals surface area contributed by atoms with E-state index >= 15 is 0 Å². The Morgan fingerprint density at radius 1 is 1.70 bits per heavy atom. The van der Waals surface area contributed by atoms with Crippen molar-refractivity contribution in [2.45, 2.75) is 38.8 Å². The first-order valence-electron chi connectivity index (χ1n) is 4.12. The van der Waals surface area contributed by atoms with Crippen LogP contribution in [0.2, 0.25) is 0 Å². The van der Waals surface area contributed by atoms with Gasteiger partial charge in [-0.2, -0.15) is 0 Å². The molecule has 0 spiro atoms. The molecule has 0 amide bonds. The topological polar surface area (TPSA) is 23.5 Å². The summed E-state index contributed by atoms with van der Waals surface area (Å²) in [6.45, 7) is 6.10. The van der Waals surface area contributed by atoms with Crippen molar-refractivity contribution in [3.05, 3.63) is 0 Å². The van der Waals surface area contributed by atoms with E-state index in [0.717, 1.165) is 6.54 Å². The van der Waals surface area contributed by atoms with Crippen molar-refractivity contribution in [2.24, 2.45) is 0 Å². The number of hydrogen-bond acceptors (Lipinski definition) is 2. The molecule has 2 atom stereocenters. The van der Waals surface area contributed by atoms with Gasteiger partial charge in [0.05, 0.1) is 6.10 Å². The first-order chi connectivity index (χ1) is 4.70. The molecule has 1 aliphatic rings. The van der Waals surface area contributed by atoms with Gasteiger partial charge in [0.25, 0.3) is 0 Å². The molecule has 1 rings (SSSR count). The van der Waals surface area contributed by atoms with Gasteiger partial charge in [0, 0.05) is 12.6 Å². The van der Waals surface area contributed by atoms with E-state index in [1.165, 1.54) is 19.4 Å². The van der Waals surface area contributed by atoms with E-state index in [4.69, 9.17) is 5.11 Å². The zero-order chi connectivity index (χ0) is 7.56. The maximum atomic E-state index is 9.09. The maximum absolute atomic E-state index is 9.09. The Labute approximate surface area is 62.8 Å². The van der Waals surface area contributed by atoms with Gasteiger partial charge in [0.15, 0.2) is 0 Å². The summed E-state index contributed by atoms with van der Waals surface area (Å²) < 4.78 is 0. The van der Waals surface area contributed by atoms with Crippen LogP contribution in [0.15, 0.2) is 0 Å². The largest absolute Gasteiger partial charge is 0.392 e. The molecule has 0 saturated carbocycles. The predicted molar refractivity (Wildman–Crippen MR) is 41.9 cm³/mol. The van der Waals surface area contributed by atoms with E-state index in [2.05, 4.69) is 11.8 Å². The third-order valence-corrected chi connectivity index (χ3v) is 2.19. The average Bonchev–Trinajstić information content (AvgIpc) is 2.15. The summed E-state index contributed by atoms with van der Waals surface area (Å²) in [5, 5.41) is 9.09. The second kappa shape index (κ2) is 3.35. The van der Waals surface area contributed by atoms with E-state index < -0.39 is 0 Å². The minimum Gasteiger partial charge on any atom is -0.392 e. The molecule has 2 nitrogen and oxygen atoms in total. The number of nitrogens with zero attached hydrogens (tertiary/aromatic N) is 1. The van der Waals surface area contributed by atoms with Crippen LogP contribution in [0.5, 0.6) is 0 Å². The minimum atomic E-state index is -0.166. The molecule has 0 radical (unpaired) electrons. The summed E-state index contributed by atoms with van der Waals surface area (Å²) in [4.78, 5) is 2.35. The molecule has 0 aromatic rings. The Morgan fingerprint density at radius 3 is 2.80 bits per heavy atom. The average molecular weight is 143 g/mol. The Bertz CT molecular complexity index is 103. The lowest BCUT2D eigenvalue weighted by Gasteiger charge is -2.21. The SMILES string of the molecule is CC1CCCN1C[C@@H](C)O. The van der Waals surface area contributed by atoms with Gasteiger partial charge in [0.1, 0.15) is 0 Å². The highest BCUT2D eigenvalue weighted by Gasteiger charge is 2.20. The van der Waals surface area contributed by atoms with Gasteiger partial charge in [-0.25, -0.2) is 0 Å². The molecule has 0 aromatic heterocycles. The van der Waals surface area contributed by atoms with Crippen LogP contribution in [0, 0.1) is 0 Å². The number of aliphatic hydroxyl groups is 1. The van der Waals surface area contributed by atoms with Crippen molar-refractivity contribution in [1.82, 2.24) is 4.90 Å². The smallest absolute Gasteiger partial charge is 0.0639 e. The zero-order valence-electron chi connectivity index (χ0n) is 6.88. The zero-order valence-corrected chi connectivity index (χ0v) is 6.88. The molecule has 1 heterocycles. The Balaban J connectivity index is 2.26. The van der Waals surface area contributed by atoms with Crippen LogP contribution < -0.4 is 0 Å². The second-order valence-electron chi connectivity index (χ2n) is 3.34. The fourth-order valence-electron chi connectivity index (χ4n) is 1.60. The number of likely N-dealkylation sites (tertiary alicyclic amines) is 1. The molecule has 2 heteroatoms. The summed E-state index contributed by atoms with van der Waals surface area (Å²) >= 11 is 0. The van der Waals surface area contributed by atoms with Gasteiger partial charge in [-0.05, 0) is 33.2 Å². The van der Waals surface area contributed by atoms with Gasteiger partial charge >= 0.3 is 0 Å². The number of β-amino-alcohol motifs (C(OH)–C–C–N with tert-alkyl or cyclic N) is 1. The van der Waals surface area contributed by atoms with E-state index in [1.807, 2.05) is 6.92 Å². The van der Waals surface area contributed by atoms with E-state index in [-0.39, 0.29) is 6.10 Å². The maximum Gasteiger partial charge on any atom is 0.0639 e. The quantitative estimate of drug-likeness (QED) is 0.619. The highest BCUT2D eigenvalue weighted by atomic mass is 16.3. The molecule has 1 aliphatic heterocycles. The van der Waals surface area contributed by atoms with Crippen LogP contribution in [-0.4, -0.2) is 35.2 Å². The summed E-state index contributed by atoms with van der Waals surface area (Å²) in [6.07, 6.45) is 2.43. The summed E-state index contributed by atoms with van der Waals surface area (Å²) in [5.41, 5.74) is 0. The predicted octanol–water partition coefficient (Wildman–Crippen LogP) is 0.851. The monoisotopic (exact) mass is 143 g/mol. The Hall–Kier alpha value is -0.0800. The third kappa shape index (κ3) is 1.96. The molecule has 60 valence electrons. The lowest BCUT2D eigenvalue weighted by atomic mass is 10.2. The molecular weight excluding hydrogens is 126 g/mol. The van der Waals surface area contributed by atoms with Crippen molar-refractivity contribution in [3.63, 3.8) is 0 Å². The number of hydrogen-bond donors (Lipinski definition) is 1. The van der Waals surface area contributed by atoms with Crippen molar-refractivity contribution >= 4 is 0 Å². The van der Waals surface area contributed by atoms with Gasteiger partial charge in [-0.1, -0.05) is 0 Å². The fourth-order valence-corrected chi connectivity index (χ4v) is 1.60. The highest BCUT2D eigenvalue weighted by molar-refractivity contribution is 4.75. The molecule has 10 heavy (non-hydrogen) atoms. The van der Waals surface area contributed by atoms with E-state index in [1.54, 1.807) is 0 Å². The van der Waals surface area contributed by atoms with Crippen molar-refractivity contribution in [2.75, 3.05) is 13.1 Å². The van der Waals surface area contributed by atoms with Crippen LogP contribution in [0.1, 0.15) is 26.7 Å². The molecule has 1 N–H and O–H groups in total. The Kier molecular flexibility index (Phi) is 2.69. The lowest BCUT2D eigenvalue weighted by molar-refractivity contribution is 0.123. The van der Waals surface area contributed by atoms with Crippen LogP contribution in [-0.2, 0) is 0 Å². The molecule has 1 saturated heterocycles. The van der Waals surface area contributed by atoms with Crippen LogP contribution in [0.4, 0.5) is 0 Å². The van der Waals surface area contributed by atoms with Crippen molar-refractivity contribution in [3.8, 4) is 0 Å². The number of rotatable bonds is 2. The summed E-state index contributed by atoms with van der Waals surface area (Å²) in [7, 11) is 0. The highest BCUT2D eigenvalue weighted by Crippen LogP contribution is 2.15. The van der Waals surface area contributed by atoms with Gasteiger partial charge in [0.2, 0.25) is 0 Å². The molecule has 1 fully saturated rings. The van der Waals surface area contributed by atoms with Gasteiger partial charge in [-0.15, -0.1) is 0 Å². The molecule has 0 aliphatic carbocycles. The molecule has 1 unspecified atom stereocenters. The Morgan fingerprint density at radius 2 is 2.40 bits per heavy atom. The van der Waals surface area contributed by atoms with Crippen LogP contribution >= 0.6 is 0 Å². The summed E-state index contributed by atoms with van der Waals surface area (Å²) in [6, 6.07) is 0.689. The van der Waals surface area contributed by atoms with Crippen molar-refractivity contribution in [1.29, 1.82) is 0 Å². The normalized spacial score (nSPS) is 30.9. The van der Waals surface area contributed by atoms with E-state index in [9.17, 15) is 0 Å². The van der Waals surface area contributed by atoms with Gasteiger partial charge in [-0.3, -0.25) is 4.90 Å². The molecular formula is C8H17NO. The second-order valence-corrected chi connectivity index (χ2v) is 3.34. The van der Waals surface area contributed by atoms with Crippen molar-refractivity contribution < 1.29 is 5.11 Å². The summed E-state index contributed by atoms with van der Waals surface area (Å²) in [5.74, 6) is 0. The standard InChI is InChI=1S/C8H17NO/c1-7-4-3-5-9(7)6-8(2)10/h7-8,10H,3-6H2,1-2H3/t7?,8-/m1/s1. The van der Waals surface area contributed by atoms with Crippen LogP contribution in [0.25, 0.3) is 0 Å². The first-order valence-corrected chi connectivity index (χ1v) is 4.12. The van der Waals surface area contributed by atoms with Gasteiger partial charge < -0.3 is 5.11 Å². The lowest BCUT2D eigenvalue weighted by Crippen LogP contribution is -2.33. The van der Waals surface area contributed by atoms with Crippen LogP contribution in [0.3, 0.4) is 0 Å². The third-order valence-electron chi connectivity index (χ3n) is 2.19. The first kappa shape index (κ1) is 8.02. The molecule has 0 bridgehead atoms. The van der Waals surface area contributed by atoms with E-state index in [0.29, 0.717) is 6.04 Å².